The molecule has 0 saturated heterocycles. The fourth-order valence-corrected chi connectivity index (χ4v) is 5.00. The van der Waals surface area contributed by atoms with Gasteiger partial charge in [0.25, 0.3) is 0 Å². The van der Waals surface area contributed by atoms with Gasteiger partial charge >= 0.3 is 0 Å². The van der Waals surface area contributed by atoms with Crippen LogP contribution in [0.1, 0.15) is 24.8 Å². The molecule has 0 heterocycles. The standard InChI is InChI=1S/C16H18BrNO/c1-8-3-2-4-11(15(8)17)18-16(19)14-12-9-5-6-10(7-9)13(12)14/h2-4,9-10,12-14H,5-7H2,1H3,(H,18,19). The van der Waals surface area contributed by atoms with Crippen molar-refractivity contribution < 1.29 is 4.79 Å². The third-order valence-electron chi connectivity index (χ3n) is 5.49. The van der Waals surface area contributed by atoms with Gasteiger partial charge in [-0.3, -0.25) is 4.79 Å². The summed E-state index contributed by atoms with van der Waals surface area (Å²) < 4.78 is 1.01. The molecule has 2 bridgehead atoms. The molecule has 3 fully saturated rings. The Morgan fingerprint density at radius 3 is 2.63 bits per heavy atom. The fraction of sp³-hybridized carbons (Fsp3) is 0.562. The van der Waals surface area contributed by atoms with E-state index in [1.54, 1.807) is 0 Å². The molecule has 3 aliphatic carbocycles. The largest absolute Gasteiger partial charge is 0.325 e. The lowest BCUT2D eigenvalue weighted by Gasteiger charge is -2.11. The molecule has 2 nitrogen and oxygen atoms in total. The second-order valence-corrected chi connectivity index (χ2v) is 7.23. The molecular formula is C16H18BrNO. The van der Waals surface area contributed by atoms with E-state index in [4.69, 9.17) is 0 Å². The lowest BCUT2D eigenvalue weighted by molar-refractivity contribution is -0.118. The van der Waals surface area contributed by atoms with Gasteiger partial charge in [0.15, 0.2) is 0 Å². The van der Waals surface area contributed by atoms with E-state index in [2.05, 4.69) is 21.2 Å². The van der Waals surface area contributed by atoms with Crippen molar-refractivity contribution in [2.75, 3.05) is 5.32 Å². The predicted octanol–water partition coefficient (Wildman–Crippen LogP) is 3.99. The van der Waals surface area contributed by atoms with Gasteiger partial charge in [0, 0.05) is 10.4 Å². The number of amides is 1. The topological polar surface area (TPSA) is 29.1 Å². The molecule has 4 atom stereocenters. The minimum atomic E-state index is 0.248. The molecule has 1 amide bonds. The van der Waals surface area contributed by atoms with E-state index in [1.807, 2.05) is 25.1 Å². The molecule has 0 aliphatic heterocycles. The molecular weight excluding hydrogens is 302 g/mol. The molecule has 0 radical (unpaired) electrons. The third kappa shape index (κ3) is 1.70. The summed E-state index contributed by atoms with van der Waals surface area (Å²) >= 11 is 3.56. The summed E-state index contributed by atoms with van der Waals surface area (Å²) in [5.41, 5.74) is 2.08. The van der Waals surface area contributed by atoms with E-state index in [9.17, 15) is 4.79 Å². The molecule has 0 spiro atoms. The van der Waals surface area contributed by atoms with Crippen molar-refractivity contribution in [1.29, 1.82) is 0 Å². The monoisotopic (exact) mass is 319 g/mol. The van der Waals surface area contributed by atoms with Crippen molar-refractivity contribution in [2.24, 2.45) is 29.6 Å². The molecule has 1 aromatic rings. The molecule has 1 aromatic carbocycles. The summed E-state index contributed by atoms with van der Waals surface area (Å²) in [5, 5.41) is 3.12. The van der Waals surface area contributed by atoms with Gasteiger partial charge in [0.2, 0.25) is 5.91 Å². The van der Waals surface area contributed by atoms with Gasteiger partial charge in [-0.15, -0.1) is 0 Å². The van der Waals surface area contributed by atoms with Crippen LogP contribution >= 0.6 is 15.9 Å². The van der Waals surface area contributed by atoms with Crippen LogP contribution in [0.25, 0.3) is 0 Å². The fourth-order valence-electron chi connectivity index (χ4n) is 4.64. The van der Waals surface area contributed by atoms with Crippen molar-refractivity contribution in [1.82, 2.24) is 0 Å². The van der Waals surface area contributed by atoms with E-state index in [-0.39, 0.29) is 5.91 Å². The molecule has 1 N–H and O–H groups in total. The van der Waals surface area contributed by atoms with Gasteiger partial charge in [-0.05, 0) is 77.4 Å². The number of nitrogens with one attached hydrogen (secondary N) is 1. The molecule has 3 heteroatoms. The van der Waals surface area contributed by atoms with Gasteiger partial charge in [-0.1, -0.05) is 12.1 Å². The maximum atomic E-state index is 12.4. The van der Waals surface area contributed by atoms with Crippen molar-refractivity contribution in [3.05, 3.63) is 28.2 Å². The van der Waals surface area contributed by atoms with Crippen molar-refractivity contribution in [2.45, 2.75) is 26.2 Å². The number of benzene rings is 1. The first-order valence-electron chi connectivity index (χ1n) is 7.23. The van der Waals surface area contributed by atoms with Gasteiger partial charge in [-0.25, -0.2) is 0 Å². The van der Waals surface area contributed by atoms with E-state index in [0.717, 1.165) is 27.6 Å². The van der Waals surface area contributed by atoms with Gasteiger partial charge in [-0.2, -0.15) is 0 Å². The maximum Gasteiger partial charge on any atom is 0.228 e. The Labute approximate surface area is 122 Å². The zero-order valence-corrected chi connectivity index (χ0v) is 12.6. The van der Waals surface area contributed by atoms with Crippen molar-refractivity contribution in [3.8, 4) is 0 Å². The number of anilines is 1. The quantitative estimate of drug-likeness (QED) is 0.877. The van der Waals surface area contributed by atoms with Crippen LogP contribution in [-0.2, 0) is 4.79 Å². The third-order valence-corrected chi connectivity index (χ3v) is 6.54. The number of hydrogen-bond donors (Lipinski definition) is 1. The number of rotatable bonds is 2. The second-order valence-electron chi connectivity index (χ2n) is 6.44. The summed E-state index contributed by atoms with van der Waals surface area (Å²) in [7, 11) is 0. The zero-order chi connectivity index (χ0) is 13.1. The van der Waals surface area contributed by atoms with E-state index < -0.39 is 0 Å². The summed E-state index contributed by atoms with van der Waals surface area (Å²) in [6.07, 6.45) is 4.13. The van der Waals surface area contributed by atoms with Crippen LogP contribution in [0.3, 0.4) is 0 Å². The van der Waals surface area contributed by atoms with Crippen LogP contribution in [-0.4, -0.2) is 5.91 Å². The predicted molar refractivity (Wildman–Crippen MR) is 78.8 cm³/mol. The van der Waals surface area contributed by atoms with Crippen LogP contribution < -0.4 is 5.32 Å². The van der Waals surface area contributed by atoms with Crippen molar-refractivity contribution >= 4 is 27.5 Å². The molecule has 4 unspecified atom stereocenters. The number of halogens is 1. The average molecular weight is 320 g/mol. The molecule has 19 heavy (non-hydrogen) atoms. The highest BCUT2D eigenvalue weighted by molar-refractivity contribution is 9.10. The van der Waals surface area contributed by atoms with E-state index in [1.165, 1.54) is 19.3 Å². The first-order chi connectivity index (χ1) is 9.16. The Balaban J connectivity index is 1.50. The lowest BCUT2D eigenvalue weighted by Crippen LogP contribution is -2.18. The molecule has 3 aliphatic rings. The first kappa shape index (κ1) is 12.0. The Morgan fingerprint density at radius 1 is 1.26 bits per heavy atom. The number of hydrogen-bond acceptors (Lipinski definition) is 1. The van der Waals surface area contributed by atoms with Crippen molar-refractivity contribution in [3.63, 3.8) is 0 Å². The maximum absolute atomic E-state index is 12.4. The van der Waals surface area contributed by atoms with Gasteiger partial charge in [0.1, 0.15) is 0 Å². The number of carbonyl (C=O) groups excluding carboxylic acids is 1. The summed E-state index contributed by atoms with van der Waals surface area (Å²) in [6.45, 7) is 2.05. The Hall–Kier alpha value is -0.830. The van der Waals surface area contributed by atoms with Crippen LogP contribution in [0.5, 0.6) is 0 Å². The number of carbonyl (C=O) groups is 1. The smallest absolute Gasteiger partial charge is 0.228 e. The van der Waals surface area contributed by atoms with Crippen LogP contribution in [0.15, 0.2) is 22.7 Å². The Bertz CT molecular complexity index is 540. The van der Waals surface area contributed by atoms with Gasteiger partial charge < -0.3 is 5.32 Å². The van der Waals surface area contributed by atoms with Crippen LogP contribution in [0, 0.1) is 36.5 Å². The normalized spacial score (nSPS) is 38.1. The summed E-state index contributed by atoms with van der Waals surface area (Å²) in [4.78, 5) is 12.4. The second kappa shape index (κ2) is 4.08. The highest BCUT2D eigenvalue weighted by Crippen LogP contribution is 2.69. The highest BCUT2D eigenvalue weighted by Gasteiger charge is 2.67. The molecule has 100 valence electrons. The van der Waals surface area contributed by atoms with E-state index >= 15 is 0 Å². The van der Waals surface area contributed by atoms with Crippen LogP contribution in [0.4, 0.5) is 5.69 Å². The Morgan fingerprint density at radius 2 is 1.95 bits per heavy atom. The minimum Gasteiger partial charge on any atom is -0.325 e. The molecule has 3 saturated carbocycles. The number of aryl methyl sites for hydroxylation is 1. The summed E-state index contributed by atoms with van der Waals surface area (Å²) in [6, 6.07) is 6.01. The van der Waals surface area contributed by atoms with Gasteiger partial charge in [0.05, 0.1) is 5.69 Å². The highest BCUT2D eigenvalue weighted by atomic mass is 79.9. The summed E-state index contributed by atoms with van der Waals surface area (Å²) in [5.74, 6) is 3.68. The average Bonchev–Trinajstić information content (AvgIpc) is 2.84. The molecule has 4 rings (SSSR count). The zero-order valence-electron chi connectivity index (χ0n) is 11.0. The van der Waals surface area contributed by atoms with Crippen LogP contribution in [0.2, 0.25) is 0 Å². The minimum absolute atomic E-state index is 0.248. The number of fused-ring (bicyclic) bond motifs is 5. The van der Waals surface area contributed by atoms with E-state index in [0.29, 0.717) is 17.8 Å². The SMILES string of the molecule is Cc1cccc(NC(=O)C2C3C4CCC(C4)C23)c1Br. The Kier molecular flexibility index (Phi) is 2.57. The lowest BCUT2D eigenvalue weighted by atomic mass is 10.0. The first-order valence-corrected chi connectivity index (χ1v) is 8.02. The molecule has 0 aromatic heterocycles.